The van der Waals surface area contributed by atoms with Gasteiger partial charge in [0.2, 0.25) is 0 Å². The largest absolute Gasteiger partial charge is 0.396 e. The summed E-state index contributed by atoms with van der Waals surface area (Å²) < 4.78 is 0. The average molecular weight is 254 g/mol. The SMILES string of the molecule is CCNC(C)c1ccnc(SCC(C)CO)c1. The number of aromatic nitrogens is 1. The number of nitrogens with one attached hydrogen (secondary N) is 1. The molecular weight excluding hydrogens is 232 g/mol. The van der Waals surface area contributed by atoms with Crippen LogP contribution in [0.4, 0.5) is 0 Å². The smallest absolute Gasteiger partial charge is 0.0963 e. The van der Waals surface area contributed by atoms with E-state index in [0.29, 0.717) is 12.0 Å². The van der Waals surface area contributed by atoms with Crippen molar-refractivity contribution in [2.75, 3.05) is 18.9 Å². The fraction of sp³-hybridized carbons (Fsp3) is 0.615. The molecule has 2 N–H and O–H groups in total. The molecule has 0 aliphatic carbocycles. The molecule has 17 heavy (non-hydrogen) atoms. The third-order valence-corrected chi connectivity index (χ3v) is 3.85. The molecular formula is C13H22N2OS. The van der Waals surface area contributed by atoms with Crippen LogP contribution in [0.2, 0.25) is 0 Å². The summed E-state index contributed by atoms with van der Waals surface area (Å²) in [4.78, 5) is 4.34. The van der Waals surface area contributed by atoms with E-state index in [1.54, 1.807) is 11.8 Å². The van der Waals surface area contributed by atoms with Crippen LogP contribution in [0.3, 0.4) is 0 Å². The molecule has 0 radical (unpaired) electrons. The molecule has 1 aromatic rings. The molecule has 0 aromatic carbocycles. The Bertz CT molecular complexity index is 333. The Kier molecular flexibility index (Phi) is 6.55. The van der Waals surface area contributed by atoms with Crippen LogP contribution in [0, 0.1) is 5.92 Å². The molecule has 0 spiro atoms. The van der Waals surface area contributed by atoms with Crippen LogP contribution < -0.4 is 5.32 Å². The van der Waals surface area contributed by atoms with E-state index in [4.69, 9.17) is 5.11 Å². The van der Waals surface area contributed by atoms with Gasteiger partial charge >= 0.3 is 0 Å². The molecule has 0 aliphatic heterocycles. The lowest BCUT2D eigenvalue weighted by atomic mass is 10.1. The lowest BCUT2D eigenvalue weighted by Gasteiger charge is -2.13. The Morgan fingerprint density at radius 3 is 2.88 bits per heavy atom. The second-order valence-corrected chi connectivity index (χ2v) is 5.35. The lowest BCUT2D eigenvalue weighted by molar-refractivity contribution is 0.250. The van der Waals surface area contributed by atoms with E-state index in [2.05, 4.69) is 30.2 Å². The number of rotatable bonds is 7. The maximum Gasteiger partial charge on any atom is 0.0963 e. The summed E-state index contributed by atoms with van der Waals surface area (Å²) in [5.41, 5.74) is 1.26. The number of aliphatic hydroxyl groups is 1. The first-order chi connectivity index (χ1) is 8.17. The number of pyridine rings is 1. The molecule has 96 valence electrons. The molecule has 0 bridgehead atoms. The Morgan fingerprint density at radius 1 is 1.47 bits per heavy atom. The van der Waals surface area contributed by atoms with Crippen molar-refractivity contribution in [3.05, 3.63) is 23.9 Å². The predicted octanol–water partition coefficient (Wildman–Crippen LogP) is 2.47. The summed E-state index contributed by atoms with van der Waals surface area (Å²) in [7, 11) is 0. The van der Waals surface area contributed by atoms with Gasteiger partial charge in [0.05, 0.1) is 5.03 Å². The van der Waals surface area contributed by atoms with Crippen LogP contribution in [0.15, 0.2) is 23.4 Å². The van der Waals surface area contributed by atoms with Gasteiger partial charge in [-0.2, -0.15) is 0 Å². The van der Waals surface area contributed by atoms with Crippen LogP contribution in [0.1, 0.15) is 32.4 Å². The molecule has 4 heteroatoms. The molecule has 2 unspecified atom stereocenters. The van der Waals surface area contributed by atoms with Crippen LogP contribution in [0.25, 0.3) is 0 Å². The van der Waals surface area contributed by atoms with Gasteiger partial charge in [0.25, 0.3) is 0 Å². The quantitative estimate of drug-likeness (QED) is 0.734. The first-order valence-electron chi connectivity index (χ1n) is 6.10. The van der Waals surface area contributed by atoms with Crippen molar-refractivity contribution >= 4 is 11.8 Å². The molecule has 0 saturated carbocycles. The minimum atomic E-state index is 0.237. The maximum absolute atomic E-state index is 8.98. The molecule has 0 saturated heterocycles. The maximum atomic E-state index is 8.98. The van der Waals surface area contributed by atoms with E-state index in [-0.39, 0.29) is 6.61 Å². The van der Waals surface area contributed by atoms with Crippen LogP contribution in [-0.4, -0.2) is 29.0 Å². The zero-order valence-corrected chi connectivity index (χ0v) is 11.6. The standard InChI is InChI=1S/C13H22N2OS/c1-4-14-11(3)12-5-6-15-13(7-12)17-9-10(2)8-16/h5-7,10-11,14,16H,4,8-9H2,1-3H3. The van der Waals surface area contributed by atoms with Gasteiger partial charge < -0.3 is 10.4 Å². The zero-order valence-electron chi connectivity index (χ0n) is 10.8. The number of thioether (sulfide) groups is 1. The van der Waals surface area contributed by atoms with Crippen molar-refractivity contribution in [2.24, 2.45) is 5.92 Å². The molecule has 3 nitrogen and oxygen atoms in total. The Balaban J connectivity index is 2.59. The van der Waals surface area contributed by atoms with E-state index < -0.39 is 0 Å². The minimum absolute atomic E-state index is 0.237. The van der Waals surface area contributed by atoms with Gasteiger partial charge in [0.15, 0.2) is 0 Å². The van der Waals surface area contributed by atoms with Crippen LogP contribution in [0.5, 0.6) is 0 Å². The summed E-state index contributed by atoms with van der Waals surface area (Å²) in [6.45, 7) is 7.51. The molecule has 1 rings (SSSR count). The number of hydrogen-bond acceptors (Lipinski definition) is 4. The summed E-state index contributed by atoms with van der Waals surface area (Å²) >= 11 is 1.70. The molecule has 0 amide bonds. The Morgan fingerprint density at radius 2 is 2.24 bits per heavy atom. The monoisotopic (exact) mass is 254 g/mol. The van der Waals surface area contributed by atoms with Crippen molar-refractivity contribution in [3.8, 4) is 0 Å². The van der Waals surface area contributed by atoms with Gasteiger partial charge in [-0.1, -0.05) is 13.8 Å². The van der Waals surface area contributed by atoms with Crippen LogP contribution in [-0.2, 0) is 0 Å². The van der Waals surface area contributed by atoms with Crippen molar-refractivity contribution in [2.45, 2.75) is 31.8 Å². The van der Waals surface area contributed by atoms with Gasteiger partial charge in [-0.25, -0.2) is 4.98 Å². The zero-order chi connectivity index (χ0) is 12.7. The predicted molar refractivity (Wildman–Crippen MR) is 73.3 cm³/mol. The normalized spacial score (nSPS) is 14.6. The fourth-order valence-electron chi connectivity index (χ4n) is 1.48. The molecule has 1 aromatic heterocycles. The van der Waals surface area contributed by atoms with Crippen molar-refractivity contribution in [1.82, 2.24) is 10.3 Å². The van der Waals surface area contributed by atoms with Gasteiger partial charge in [-0.05, 0) is 37.1 Å². The van der Waals surface area contributed by atoms with Gasteiger partial charge in [-0.3, -0.25) is 0 Å². The third-order valence-electron chi connectivity index (χ3n) is 2.60. The van der Waals surface area contributed by atoms with E-state index in [1.807, 2.05) is 19.2 Å². The molecule has 0 aliphatic rings. The minimum Gasteiger partial charge on any atom is -0.396 e. The van der Waals surface area contributed by atoms with Crippen molar-refractivity contribution in [3.63, 3.8) is 0 Å². The lowest BCUT2D eigenvalue weighted by Crippen LogP contribution is -2.17. The average Bonchev–Trinajstić information content (AvgIpc) is 2.36. The van der Waals surface area contributed by atoms with E-state index in [1.165, 1.54) is 5.56 Å². The highest BCUT2D eigenvalue weighted by molar-refractivity contribution is 7.99. The second-order valence-electron chi connectivity index (χ2n) is 4.31. The first-order valence-corrected chi connectivity index (χ1v) is 7.08. The summed E-state index contributed by atoms with van der Waals surface area (Å²) in [6, 6.07) is 4.53. The molecule has 2 atom stereocenters. The summed E-state index contributed by atoms with van der Waals surface area (Å²) in [5.74, 6) is 1.22. The number of aliphatic hydroxyl groups excluding tert-OH is 1. The number of hydrogen-bond donors (Lipinski definition) is 2. The summed E-state index contributed by atoms with van der Waals surface area (Å²) in [6.07, 6.45) is 1.86. The highest BCUT2D eigenvalue weighted by Crippen LogP contribution is 2.21. The van der Waals surface area contributed by atoms with E-state index in [9.17, 15) is 0 Å². The Hall–Kier alpha value is -0.580. The van der Waals surface area contributed by atoms with Crippen LogP contribution >= 0.6 is 11.8 Å². The highest BCUT2D eigenvalue weighted by Gasteiger charge is 2.06. The molecule has 1 heterocycles. The van der Waals surface area contributed by atoms with Gasteiger partial charge in [0.1, 0.15) is 0 Å². The topological polar surface area (TPSA) is 45.2 Å². The van der Waals surface area contributed by atoms with E-state index >= 15 is 0 Å². The van der Waals surface area contributed by atoms with Gasteiger partial charge in [-0.15, -0.1) is 11.8 Å². The highest BCUT2D eigenvalue weighted by atomic mass is 32.2. The first kappa shape index (κ1) is 14.5. The summed E-state index contributed by atoms with van der Waals surface area (Å²) in [5, 5.41) is 13.4. The second kappa shape index (κ2) is 7.69. The van der Waals surface area contributed by atoms with E-state index in [0.717, 1.165) is 17.3 Å². The van der Waals surface area contributed by atoms with Gasteiger partial charge in [0, 0.05) is 24.6 Å². The third kappa shape index (κ3) is 5.06. The molecule has 0 fully saturated rings. The Labute approximate surface area is 108 Å². The number of nitrogens with zero attached hydrogens (tertiary/aromatic N) is 1. The van der Waals surface area contributed by atoms with Crippen molar-refractivity contribution < 1.29 is 5.11 Å². The van der Waals surface area contributed by atoms with Crippen molar-refractivity contribution in [1.29, 1.82) is 0 Å². The fourth-order valence-corrected chi connectivity index (χ4v) is 2.39.